The number of nitrogens with one attached hydrogen (secondary N) is 2. The van der Waals surface area contributed by atoms with Crippen molar-refractivity contribution < 1.29 is 28.9 Å². The quantitative estimate of drug-likeness (QED) is 0.221. The fourth-order valence-corrected chi connectivity index (χ4v) is 3.90. The average molecular weight is 504 g/mol. The van der Waals surface area contributed by atoms with Crippen LogP contribution < -0.4 is 25.8 Å². The molecule has 192 valence electrons. The first-order valence-electron chi connectivity index (χ1n) is 11.9. The van der Waals surface area contributed by atoms with E-state index in [1.165, 1.54) is 6.08 Å². The molecule has 5 N–H and O–H groups in total. The topological polar surface area (TPSA) is 132 Å². The van der Waals surface area contributed by atoms with Crippen molar-refractivity contribution in [3.05, 3.63) is 84.4 Å². The third-order valence-corrected chi connectivity index (χ3v) is 5.87. The predicted octanol–water partition coefficient (Wildman–Crippen LogP) is 5.60. The summed E-state index contributed by atoms with van der Waals surface area (Å²) in [5.41, 5.74) is 8.16. The van der Waals surface area contributed by atoms with Gasteiger partial charge in [-0.3, -0.25) is 10.1 Å². The zero-order chi connectivity index (χ0) is 26.2. The normalized spacial score (nSPS) is 13.6. The second-order valence-corrected chi connectivity index (χ2v) is 8.64. The number of hydrogen-bond acceptors (Lipinski definition) is 7. The molecule has 1 aliphatic rings. The van der Waals surface area contributed by atoms with Crippen LogP contribution >= 0.6 is 0 Å². The molecule has 9 nitrogen and oxygen atoms in total. The second kappa shape index (κ2) is 11.9. The van der Waals surface area contributed by atoms with E-state index in [0.29, 0.717) is 41.4 Å². The minimum absolute atomic E-state index is 0.0930. The van der Waals surface area contributed by atoms with Crippen LogP contribution in [0.2, 0.25) is 0 Å². The van der Waals surface area contributed by atoms with Crippen LogP contribution in [0, 0.1) is 5.92 Å². The number of benzene rings is 3. The van der Waals surface area contributed by atoms with Crippen molar-refractivity contribution in [2.45, 2.75) is 25.9 Å². The van der Waals surface area contributed by atoms with E-state index in [0.717, 1.165) is 5.56 Å². The number of anilines is 3. The van der Waals surface area contributed by atoms with Crippen LogP contribution in [-0.2, 0) is 9.53 Å². The number of rotatable bonds is 9. The van der Waals surface area contributed by atoms with Crippen molar-refractivity contribution in [1.82, 2.24) is 0 Å². The summed E-state index contributed by atoms with van der Waals surface area (Å²) in [6, 6.07) is 18.7. The van der Waals surface area contributed by atoms with Gasteiger partial charge in [0.15, 0.2) is 11.5 Å². The Morgan fingerprint density at radius 1 is 1.05 bits per heavy atom. The van der Waals surface area contributed by atoms with Gasteiger partial charge in [0.1, 0.15) is 11.9 Å². The van der Waals surface area contributed by atoms with Gasteiger partial charge in [-0.1, -0.05) is 37.3 Å². The Balaban J connectivity index is 1.36. The van der Waals surface area contributed by atoms with Crippen molar-refractivity contribution in [3.8, 4) is 17.2 Å². The molecule has 1 heterocycles. The third kappa shape index (κ3) is 6.94. The molecular formula is C28H29N3O6. The van der Waals surface area contributed by atoms with Gasteiger partial charge in [0.05, 0.1) is 11.4 Å². The van der Waals surface area contributed by atoms with Gasteiger partial charge in [0, 0.05) is 11.8 Å². The van der Waals surface area contributed by atoms with Crippen LogP contribution in [-0.4, -0.2) is 23.9 Å². The van der Waals surface area contributed by atoms with Gasteiger partial charge in [0.2, 0.25) is 12.7 Å². The number of carbonyl (C=O) groups excluding carboxylic acids is 2. The number of allylic oxidation sites excluding steroid dienone is 1. The van der Waals surface area contributed by atoms with E-state index in [4.69, 9.17) is 19.9 Å². The van der Waals surface area contributed by atoms with Crippen molar-refractivity contribution in [1.29, 1.82) is 0 Å². The Labute approximate surface area is 214 Å². The van der Waals surface area contributed by atoms with Gasteiger partial charge in [-0.05, 0) is 66.8 Å². The number of phenols is 1. The average Bonchev–Trinajstić information content (AvgIpc) is 3.35. The Morgan fingerprint density at radius 3 is 2.59 bits per heavy atom. The summed E-state index contributed by atoms with van der Waals surface area (Å²) in [7, 11) is 0. The molecule has 0 fully saturated rings. The van der Waals surface area contributed by atoms with Crippen LogP contribution in [0.5, 0.6) is 17.2 Å². The zero-order valence-electron chi connectivity index (χ0n) is 20.3. The SMILES string of the molecule is C[C@H](CC/C=C/C(=O)Nc1ccccc1N)[C@H](OC(=O)Nc1ccc2c(c1)OCO2)c1ccc(O)cc1. The molecular weight excluding hydrogens is 474 g/mol. The second-order valence-electron chi connectivity index (χ2n) is 8.64. The van der Waals surface area contributed by atoms with Crippen LogP contribution in [0.1, 0.15) is 31.4 Å². The molecule has 9 heteroatoms. The molecule has 1 aliphatic heterocycles. The highest BCUT2D eigenvalue weighted by Crippen LogP contribution is 2.35. The van der Waals surface area contributed by atoms with E-state index >= 15 is 0 Å². The lowest BCUT2D eigenvalue weighted by Crippen LogP contribution is -2.22. The van der Waals surface area contributed by atoms with Crippen LogP contribution in [0.4, 0.5) is 21.9 Å². The lowest BCUT2D eigenvalue weighted by atomic mass is 9.93. The molecule has 0 radical (unpaired) electrons. The number of hydrogen-bond donors (Lipinski definition) is 4. The highest BCUT2D eigenvalue weighted by Gasteiger charge is 2.24. The molecule has 2 amide bonds. The van der Waals surface area contributed by atoms with Gasteiger partial charge in [-0.15, -0.1) is 0 Å². The first-order chi connectivity index (χ1) is 17.9. The molecule has 0 unspecified atom stereocenters. The van der Waals surface area contributed by atoms with Gasteiger partial charge in [0.25, 0.3) is 0 Å². The summed E-state index contributed by atoms with van der Waals surface area (Å²) in [6.07, 6.45) is 3.24. The van der Waals surface area contributed by atoms with Crippen molar-refractivity contribution in [2.75, 3.05) is 23.2 Å². The van der Waals surface area contributed by atoms with Crippen molar-refractivity contribution in [3.63, 3.8) is 0 Å². The monoisotopic (exact) mass is 503 g/mol. The maximum Gasteiger partial charge on any atom is 0.412 e. The number of amides is 2. The third-order valence-electron chi connectivity index (χ3n) is 5.87. The largest absolute Gasteiger partial charge is 0.508 e. The highest BCUT2D eigenvalue weighted by atomic mass is 16.7. The van der Waals surface area contributed by atoms with E-state index in [1.807, 2.05) is 6.92 Å². The molecule has 2 atom stereocenters. The lowest BCUT2D eigenvalue weighted by molar-refractivity contribution is -0.111. The zero-order valence-corrected chi connectivity index (χ0v) is 20.3. The Hall–Kier alpha value is -4.66. The van der Waals surface area contributed by atoms with Crippen LogP contribution in [0.15, 0.2) is 78.9 Å². The molecule has 3 aromatic rings. The van der Waals surface area contributed by atoms with Gasteiger partial charge >= 0.3 is 6.09 Å². The smallest absolute Gasteiger partial charge is 0.412 e. The van der Waals surface area contributed by atoms with E-state index in [-0.39, 0.29) is 24.4 Å². The summed E-state index contributed by atoms with van der Waals surface area (Å²) in [5, 5.41) is 15.2. The van der Waals surface area contributed by atoms with E-state index in [1.54, 1.807) is 72.8 Å². The molecule has 37 heavy (non-hydrogen) atoms. The van der Waals surface area contributed by atoms with Gasteiger partial charge in [-0.25, -0.2) is 4.79 Å². The highest BCUT2D eigenvalue weighted by molar-refractivity contribution is 6.01. The van der Waals surface area contributed by atoms with Crippen molar-refractivity contribution >= 4 is 29.1 Å². The molecule has 3 aromatic carbocycles. The molecule has 0 saturated carbocycles. The number of fused-ring (bicyclic) bond motifs is 1. The Kier molecular flexibility index (Phi) is 8.15. The first-order valence-corrected chi connectivity index (χ1v) is 11.9. The van der Waals surface area contributed by atoms with Crippen molar-refractivity contribution in [2.24, 2.45) is 5.92 Å². The first kappa shape index (κ1) is 25.4. The van der Waals surface area contributed by atoms with E-state index in [9.17, 15) is 14.7 Å². The molecule has 0 bridgehead atoms. The Bertz CT molecular complexity index is 1280. The molecule has 0 aromatic heterocycles. The van der Waals surface area contributed by atoms with Gasteiger partial charge in [-0.2, -0.15) is 0 Å². The predicted molar refractivity (Wildman–Crippen MR) is 141 cm³/mol. The maximum atomic E-state index is 12.8. The number of nitrogen functional groups attached to an aromatic ring is 1. The Morgan fingerprint density at radius 2 is 1.81 bits per heavy atom. The number of phenolic OH excluding ortho intramolecular Hbond substituents is 1. The minimum atomic E-state index is -0.626. The standard InChI is InChI=1S/C28H29N3O6/c1-18(6-2-5-9-26(33)31-23-8-4-3-7-22(23)29)27(19-10-13-21(32)14-11-19)37-28(34)30-20-12-15-24-25(16-20)36-17-35-24/h3-5,7-16,18,27,32H,2,6,17,29H2,1H3,(H,30,34)(H,31,33)/b9-5+/t18-,27+/m1/s1. The van der Waals surface area contributed by atoms with Crippen LogP contribution in [0.3, 0.4) is 0 Å². The summed E-state index contributed by atoms with van der Waals surface area (Å²) in [5.74, 6) is 0.910. The van der Waals surface area contributed by atoms with Gasteiger partial charge < -0.3 is 30.4 Å². The van der Waals surface area contributed by atoms with Crippen LogP contribution in [0.25, 0.3) is 0 Å². The maximum absolute atomic E-state index is 12.8. The minimum Gasteiger partial charge on any atom is -0.508 e. The summed E-state index contributed by atoms with van der Waals surface area (Å²) in [4.78, 5) is 25.0. The molecule has 0 aliphatic carbocycles. The number of ether oxygens (including phenoxy) is 3. The summed E-state index contributed by atoms with van der Waals surface area (Å²) < 4.78 is 16.5. The number of aromatic hydroxyl groups is 1. The molecule has 0 saturated heterocycles. The summed E-state index contributed by atoms with van der Waals surface area (Å²) >= 11 is 0. The lowest BCUT2D eigenvalue weighted by Gasteiger charge is -2.24. The van der Waals surface area contributed by atoms with E-state index in [2.05, 4.69) is 10.6 Å². The van der Waals surface area contributed by atoms with E-state index < -0.39 is 12.2 Å². The molecule has 4 rings (SSSR count). The fraction of sp³-hybridized carbons (Fsp3) is 0.214. The number of carbonyl (C=O) groups is 2. The molecule has 0 spiro atoms. The number of para-hydroxylation sites is 2. The number of nitrogens with two attached hydrogens (primary N) is 1. The summed E-state index contributed by atoms with van der Waals surface area (Å²) in [6.45, 7) is 2.10. The fourth-order valence-electron chi connectivity index (χ4n) is 3.90.